The van der Waals surface area contributed by atoms with Crippen molar-refractivity contribution < 1.29 is 5.11 Å². The van der Waals surface area contributed by atoms with Crippen LogP contribution in [0.5, 0.6) is 0 Å². The Balaban J connectivity index is 2.00. The summed E-state index contributed by atoms with van der Waals surface area (Å²) in [5.41, 5.74) is 0. The van der Waals surface area contributed by atoms with Crippen LogP contribution in [-0.4, -0.2) is 84.9 Å². The van der Waals surface area contributed by atoms with Crippen LogP contribution in [-0.2, 0) is 0 Å². The molecule has 1 aliphatic rings. The van der Waals surface area contributed by atoms with Gasteiger partial charge in [0.05, 0.1) is 6.10 Å². The third-order valence-corrected chi connectivity index (χ3v) is 4.53. The van der Waals surface area contributed by atoms with E-state index in [1.165, 1.54) is 0 Å². The Morgan fingerprint density at radius 3 is 2.56 bits per heavy atom. The maximum Gasteiger partial charge on any atom is 0.0757 e. The van der Waals surface area contributed by atoms with Crippen LogP contribution in [0.1, 0.15) is 13.8 Å². The number of piperazine rings is 1. The number of hydrogen-bond donors (Lipinski definition) is 2. The van der Waals surface area contributed by atoms with Gasteiger partial charge in [-0.1, -0.05) is 13.8 Å². The summed E-state index contributed by atoms with van der Waals surface area (Å²) < 4.78 is 0. The first kappa shape index (κ1) is 16.2. The highest BCUT2D eigenvalue weighted by Crippen LogP contribution is 2.06. The molecule has 0 aromatic rings. The minimum atomic E-state index is -0.176. The minimum Gasteiger partial charge on any atom is -0.391 e. The molecule has 1 unspecified atom stereocenters. The van der Waals surface area contributed by atoms with E-state index in [9.17, 15) is 5.11 Å². The highest BCUT2D eigenvalue weighted by atomic mass is 32.2. The third kappa shape index (κ3) is 6.95. The summed E-state index contributed by atoms with van der Waals surface area (Å²) in [5.74, 6) is 1.99. The van der Waals surface area contributed by atoms with Gasteiger partial charge >= 0.3 is 0 Å². The summed E-state index contributed by atoms with van der Waals surface area (Å²) in [6.45, 7) is 12.9. The molecule has 18 heavy (non-hydrogen) atoms. The molecule has 5 heteroatoms. The Hall–Kier alpha value is 0.190. The van der Waals surface area contributed by atoms with E-state index < -0.39 is 0 Å². The molecule has 0 saturated carbocycles. The van der Waals surface area contributed by atoms with E-state index >= 15 is 0 Å². The molecule has 2 N–H and O–H groups in total. The first-order chi connectivity index (χ1) is 8.76. The van der Waals surface area contributed by atoms with Crippen molar-refractivity contribution in [3.05, 3.63) is 0 Å². The Labute approximate surface area is 116 Å². The monoisotopic (exact) mass is 275 g/mol. The number of aliphatic hydroxyl groups excluding tert-OH is 1. The van der Waals surface area contributed by atoms with Crippen LogP contribution in [0.15, 0.2) is 0 Å². The normalized spacial score (nSPS) is 19.3. The predicted octanol–water partition coefficient (Wildman–Crippen LogP) is 0.328. The largest absolute Gasteiger partial charge is 0.391 e. The number of thioether (sulfide) groups is 1. The Bertz CT molecular complexity index is 197. The van der Waals surface area contributed by atoms with E-state index in [0.29, 0.717) is 0 Å². The van der Waals surface area contributed by atoms with Crippen LogP contribution >= 0.6 is 11.8 Å². The zero-order valence-electron chi connectivity index (χ0n) is 11.9. The van der Waals surface area contributed by atoms with Gasteiger partial charge in [-0.15, -0.1) is 0 Å². The van der Waals surface area contributed by atoms with Crippen molar-refractivity contribution in [1.29, 1.82) is 0 Å². The molecular weight excluding hydrogens is 246 g/mol. The predicted molar refractivity (Wildman–Crippen MR) is 80.4 cm³/mol. The van der Waals surface area contributed by atoms with Gasteiger partial charge in [0.15, 0.2) is 0 Å². The molecule has 0 bridgehead atoms. The number of nitrogens with zero attached hydrogens (tertiary/aromatic N) is 2. The molecule has 108 valence electrons. The zero-order chi connectivity index (χ0) is 13.2. The van der Waals surface area contributed by atoms with Crippen LogP contribution in [0, 0.1) is 0 Å². The van der Waals surface area contributed by atoms with Crippen molar-refractivity contribution in [1.82, 2.24) is 15.1 Å². The minimum absolute atomic E-state index is 0.176. The molecule has 1 atom stereocenters. The van der Waals surface area contributed by atoms with Crippen molar-refractivity contribution in [2.75, 3.05) is 63.9 Å². The zero-order valence-corrected chi connectivity index (χ0v) is 12.7. The van der Waals surface area contributed by atoms with Gasteiger partial charge in [0.1, 0.15) is 0 Å². The average Bonchev–Trinajstić information content (AvgIpc) is 2.40. The van der Waals surface area contributed by atoms with E-state index in [4.69, 9.17) is 0 Å². The van der Waals surface area contributed by atoms with Crippen LogP contribution < -0.4 is 5.32 Å². The summed E-state index contributed by atoms with van der Waals surface area (Å²) in [5, 5.41) is 13.3. The number of aliphatic hydroxyl groups is 1. The van der Waals surface area contributed by atoms with Gasteiger partial charge in [0.2, 0.25) is 0 Å². The fraction of sp³-hybridized carbons (Fsp3) is 1.00. The molecule has 1 saturated heterocycles. The highest BCUT2D eigenvalue weighted by molar-refractivity contribution is 7.99. The van der Waals surface area contributed by atoms with E-state index in [0.717, 1.165) is 63.9 Å². The van der Waals surface area contributed by atoms with Crippen molar-refractivity contribution in [3.8, 4) is 0 Å². The summed E-state index contributed by atoms with van der Waals surface area (Å²) in [6, 6.07) is 0. The van der Waals surface area contributed by atoms with Gasteiger partial charge in [-0.3, -0.25) is 4.90 Å². The van der Waals surface area contributed by atoms with Gasteiger partial charge < -0.3 is 15.3 Å². The molecule has 0 spiro atoms. The molecule has 1 rings (SSSR count). The lowest BCUT2D eigenvalue weighted by Crippen LogP contribution is -2.46. The van der Waals surface area contributed by atoms with Gasteiger partial charge in [0, 0.05) is 50.8 Å². The topological polar surface area (TPSA) is 38.7 Å². The Morgan fingerprint density at radius 2 is 1.94 bits per heavy atom. The van der Waals surface area contributed by atoms with E-state index in [2.05, 4.69) is 29.0 Å². The second kappa shape index (κ2) is 10.0. The second-order valence-electron chi connectivity index (χ2n) is 4.81. The lowest BCUT2D eigenvalue weighted by Gasteiger charge is -2.29. The molecular formula is C13H29N3OS. The fourth-order valence-corrected chi connectivity index (χ4v) is 3.13. The highest BCUT2D eigenvalue weighted by Gasteiger charge is 2.14. The summed E-state index contributed by atoms with van der Waals surface area (Å²) in [4.78, 5) is 4.78. The summed E-state index contributed by atoms with van der Waals surface area (Å²) >= 11 is 1.88. The van der Waals surface area contributed by atoms with E-state index in [1.54, 1.807) is 0 Å². The van der Waals surface area contributed by atoms with Gasteiger partial charge in [0.25, 0.3) is 0 Å². The molecule has 0 radical (unpaired) electrons. The van der Waals surface area contributed by atoms with Crippen LogP contribution in [0.25, 0.3) is 0 Å². The van der Waals surface area contributed by atoms with Crippen LogP contribution in [0.4, 0.5) is 0 Å². The van der Waals surface area contributed by atoms with E-state index in [1.807, 2.05) is 11.8 Å². The first-order valence-corrected chi connectivity index (χ1v) is 8.33. The van der Waals surface area contributed by atoms with Gasteiger partial charge in [-0.25, -0.2) is 0 Å². The molecule has 1 heterocycles. The second-order valence-corrected chi connectivity index (χ2v) is 5.96. The molecule has 0 amide bonds. The van der Waals surface area contributed by atoms with Crippen molar-refractivity contribution >= 4 is 11.8 Å². The van der Waals surface area contributed by atoms with Crippen molar-refractivity contribution in [3.63, 3.8) is 0 Å². The number of hydrogen-bond acceptors (Lipinski definition) is 5. The average molecular weight is 275 g/mol. The number of rotatable bonds is 9. The van der Waals surface area contributed by atoms with E-state index in [-0.39, 0.29) is 6.10 Å². The number of β-amino-alcohol motifs (C(OH)–C–C–N with tert-alkyl or cyclic N) is 1. The van der Waals surface area contributed by atoms with Crippen LogP contribution in [0.2, 0.25) is 0 Å². The smallest absolute Gasteiger partial charge is 0.0757 e. The Kier molecular flexibility index (Phi) is 9.06. The van der Waals surface area contributed by atoms with Gasteiger partial charge in [-0.05, 0) is 13.1 Å². The standard InChI is InChI=1S/C13H29N3OS/c1-3-15(4-2)9-10-18-12-13(17)11-16-7-5-14-6-8-16/h13-14,17H,3-12H2,1-2H3. The maximum atomic E-state index is 9.98. The molecule has 0 aromatic heterocycles. The maximum absolute atomic E-state index is 9.98. The fourth-order valence-electron chi connectivity index (χ4n) is 2.20. The summed E-state index contributed by atoms with van der Waals surface area (Å²) in [6.07, 6.45) is -0.176. The number of nitrogens with one attached hydrogen (secondary N) is 1. The third-order valence-electron chi connectivity index (χ3n) is 3.44. The molecule has 0 aliphatic carbocycles. The SMILES string of the molecule is CCN(CC)CCSCC(O)CN1CCNCC1. The molecule has 1 aliphatic heterocycles. The molecule has 1 fully saturated rings. The Morgan fingerprint density at radius 1 is 1.28 bits per heavy atom. The van der Waals surface area contributed by atoms with Crippen molar-refractivity contribution in [2.45, 2.75) is 20.0 Å². The molecule has 4 nitrogen and oxygen atoms in total. The quantitative estimate of drug-likeness (QED) is 0.593. The van der Waals surface area contributed by atoms with Crippen molar-refractivity contribution in [2.24, 2.45) is 0 Å². The van der Waals surface area contributed by atoms with Gasteiger partial charge in [-0.2, -0.15) is 11.8 Å². The summed E-state index contributed by atoms with van der Waals surface area (Å²) in [7, 11) is 0. The lowest BCUT2D eigenvalue weighted by molar-refractivity contribution is 0.121. The molecule has 0 aromatic carbocycles. The van der Waals surface area contributed by atoms with Crippen LogP contribution in [0.3, 0.4) is 0 Å². The lowest BCUT2D eigenvalue weighted by atomic mass is 10.3. The first-order valence-electron chi connectivity index (χ1n) is 7.17.